The van der Waals surface area contributed by atoms with Gasteiger partial charge in [-0.25, -0.2) is 4.79 Å². The Hall–Kier alpha value is -1.46. The highest BCUT2D eigenvalue weighted by Crippen LogP contribution is 2.16. The molecule has 0 saturated heterocycles. The van der Waals surface area contributed by atoms with Crippen LogP contribution in [0.3, 0.4) is 0 Å². The van der Waals surface area contributed by atoms with Crippen molar-refractivity contribution < 1.29 is 19.7 Å². The summed E-state index contributed by atoms with van der Waals surface area (Å²) in [5.41, 5.74) is 0.415. The monoisotopic (exact) mass is 197 g/mol. The highest BCUT2D eigenvalue weighted by atomic mass is 16.5. The van der Waals surface area contributed by atoms with E-state index < -0.39 is 18.2 Å². The van der Waals surface area contributed by atoms with Gasteiger partial charge in [-0.05, 0) is 17.7 Å². The number of esters is 1. The Morgan fingerprint density at radius 3 is 2.50 bits per heavy atom. The standard InChI is InChI=1S/C9H11NO4/c1-14-9(13)8(12)7(11)6-2-4-10-5-3-6/h2-5,7-8,11-12H,1H3. The van der Waals surface area contributed by atoms with Crippen molar-refractivity contribution in [2.75, 3.05) is 7.11 Å². The van der Waals surface area contributed by atoms with Crippen molar-refractivity contribution >= 4 is 5.97 Å². The normalized spacial score (nSPS) is 14.5. The summed E-state index contributed by atoms with van der Waals surface area (Å²) in [6, 6.07) is 3.02. The second kappa shape index (κ2) is 4.69. The van der Waals surface area contributed by atoms with E-state index in [1.165, 1.54) is 24.5 Å². The van der Waals surface area contributed by atoms with E-state index in [0.717, 1.165) is 7.11 Å². The smallest absolute Gasteiger partial charge is 0.337 e. The molecule has 0 aliphatic rings. The van der Waals surface area contributed by atoms with Gasteiger partial charge in [-0.2, -0.15) is 0 Å². The van der Waals surface area contributed by atoms with Crippen LogP contribution < -0.4 is 0 Å². The summed E-state index contributed by atoms with van der Waals surface area (Å²) in [4.78, 5) is 14.6. The van der Waals surface area contributed by atoms with Crippen molar-refractivity contribution in [2.24, 2.45) is 0 Å². The van der Waals surface area contributed by atoms with Crippen LogP contribution in [-0.2, 0) is 9.53 Å². The number of aromatic nitrogens is 1. The highest BCUT2D eigenvalue weighted by molar-refractivity contribution is 5.75. The average Bonchev–Trinajstić information content (AvgIpc) is 2.27. The molecule has 76 valence electrons. The third kappa shape index (κ3) is 2.27. The number of carbonyl (C=O) groups excluding carboxylic acids is 1. The van der Waals surface area contributed by atoms with Crippen LogP contribution in [0.25, 0.3) is 0 Å². The van der Waals surface area contributed by atoms with Gasteiger partial charge in [0.05, 0.1) is 7.11 Å². The molecular formula is C9H11NO4. The van der Waals surface area contributed by atoms with Crippen LogP contribution in [0.1, 0.15) is 11.7 Å². The molecule has 0 radical (unpaired) electrons. The van der Waals surface area contributed by atoms with Crippen LogP contribution in [-0.4, -0.2) is 34.4 Å². The lowest BCUT2D eigenvalue weighted by molar-refractivity contribution is -0.156. The lowest BCUT2D eigenvalue weighted by Crippen LogP contribution is -2.28. The van der Waals surface area contributed by atoms with Crippen LogP contribution in [0.2, 0.25) is 0 Å². The maximum Gasteiger partial charge on any atom is 0.337 e. The molecule has 0 amide bonds. The van der Waals surface area contributed by atoms with Crippen LogP contribution >= 0.6 is 0 Å². The number of carbonyl (C=O) groups is 1. The zero-order valence-corrected chi connectivity index (χ0v) is 7.62. The summed E-state index contributed by atoms with van der Waals surface area (Å²) in [7, 11) is 1.14. The van der Waals surface area contributed by atoms with Gasteiger partial charge in [0.15, 0.2) is 6.10 Å². The number of nitrogens with zero attached hydrogens (tertiary/aromatic N) is 1. The summed E-state index contributed by atoms with van der Waals surface area (Å²) in [5.74, 6) is -0.866. The second-order valence-corrected chi connectivity index (χ2v) is 2.69. The van der Waals surface area contributed by atoms with Crippen molar-refractivity contribution in [1.29, 1.82) is 0 Å². The van der Waals surface area contributed by atoms with E-state index in [0.29, 0.717) is 5.56 Å². The zero-order valence-electron chi connectivity index (χ0n) is 7.62. The SMILES string of the molecule is COC(=O)C(O)C(O)c1ccncc1. The third-order valence-electron chi connectivity index (χ3n) is 1.79. The molecule has 2 N–H and O–H groups in total. The molecule has 0 fully saturated rings. The first-order valence-electron chi connectivity index (χ1n) is 4.00. The third-order valence-corrected chi connectivity index (χ3v) is 1.79. The number of methoxy groups -OCH3 is 1. The van der Waals surface area contributed by atoms with E-state index in [1.807, 2.05) is 0 Å². The fourth-order valence-electron chi connectivity index (χ4n) is 0.993. The first kappa shape index (κ1) is 10.6. The fourth-order valence-corrected chi connectivity index (χ4v) is 0.993. The molecule has 5 heteroatoms. The summed E-state index contributed by atoms with van der Waals surface area (Å²) >= 11 is 0. The van der Waals surface area contributed by atoms with Crippen LogP contribution in [0, 0.1) is 0 Å². The molecule has 0 aliphatic carbocycles. The first-order valence-corrected chi connectivity index (χ1v) is 4.00. The molecule has 2 unspecified atom stereocenters. The first-order chi connectivity index (χ1) is 6.66. The van der Waals surface area contributed by atoms with E-state index in [2.05, 4.69) is 9.72 Å². The van der Waals surface area contributed by atoms with E-state index in [1.54, 1.807) is 0 Å². The molecule has 2 atom stereocenters. The van der Waals surface area contributed by atoms with Gasteiger partial charge in [-0.1, -0.05) is 0 Å². The van der Waals surface area contributed by atoms with E-state index >= 15 is 0 Å². The Bertz CT molecular complexity index is 301. The lowest BCUT2D eigenvalue weighted by Gasteiger charge is -2.15. The molecule has 0 aliphatic heterocycles. The molecule has 14 heavy (non-hydrogen) atoms. The topological polar surface area (TPSA) is 79.7 Å². The predicted molar refractivity (Wildman–Crippen MR) is 47.2 cm³/mol. The second-order valence-electron chi connectivity index (χ2n) is 2.69. The van der Waals surface area contributed by atoms with Crippen molar-refractivity contribution in [3.8, 4) is 0 Å². The maximum absolute atomic E-state index is 10.9. The number of aliphatic hydroxyl groups excluding tert-OH is 2. The number of pyridine rings is 1. The Morgan fingerprint density at radius 1 is 1.43 bits per heavy atom. The number of hydrogen-bond acceptors (Lipinski definition) is 5. The summed E-state index contributed by atoms with van der Waals surface area (Å²) < 4.78 is 4.29. The average molecular weight is 197 g/mol. The molecule has 0 bridgehead atoms. The summed E-state index contributed by atoms with van der Waals surface area (Å²) in [5, 5.41) is 18.8. The van der Waals surface area contributed by atoms with E-state index in [9.17, 15) is 15.0 Å². The molecule has 0 saturated carbocycles. The molecule has 1 heterocycles. The van der Waals surface area contributed by atoms with Gasteiger partial charge >= 0.3 is 5.97 Å². The molecular weight excluding hydrogens is 186 g/mol. The van der Waals surface area contributed by atoms with Crippen molar-refractivity contribution in [3.63, 3.8) is 0 Å². The minimum atomic E-state index is -1.57. The largest absolute Gasteiger partial charge is 0.467 e. The fraction of sp³-hybridized carbons (Fsp3) is 0.333. The van der Waals surface area contributed by atoms with E-state index in [-0.39, 0.29) is 0 Å². The van der Waals surface area contributed by atoms with Crippen molar-refractivity contribution in [1.82, 2.24) is 4.98 Å². The molecule has 0 aromatic carbocycles. The van der Waals surface area contributed by atoms with Crippen molar-refractivity contribution in [3.05, 3.63) is 30.1 Å². The summed E-state index contributed by atoms with van der Waals surface area (Å²) in [6.45, 7) is 0. The van der Waals surface area contributed by atoms with Gasteiger partial charge in [0, 0.05) is 12.4 Å². The Morgan fingerprint density at radius 2 is 2.00 bits per heavy atom. The van der Waals surface area contributed by atoms with Gasteiger partial charge in [0.1, 0.15) is 6.10 Å². The Balaban J connectivity index is 2.75. The zero-order chi connectivity index (χ0) is 10.6. The molecule has 0 spiro atoms. The van der Waals surface area contributed by atoms with Gasteiger partial charge in [-0.15, -0.1) is 0 Å². The number of aliphatic hydroxyl groups is 2. The van der Waals surface area contributed by atoms with Crippen molar-refractivity contribution in [2.45, 2.75) is 12.2 Å². The van der Waals surface area contributed by atoms with Crippen LogP contribution in [0.4, 0.5) is 0 Å². The molecule has 5 nitrogen and oxygen atoms in total. The van der Waals surface area contributed by atoms with Gasteiger partial charge in [-0.3, -0.25) is 4.98 Å². The maximum atomic E-state index is 10.9. The minimum absolute atomic E-state index is 0.415. The Labute approximate surface area is 81.0 Å². The number of rotatable bonds is 3. The molecule has 1 aromatic rings. The minimum Gasteiger partial charge on any atom is -0.467 e. The van der Waals surface area contributed by atoms with Crippen LogP contribution in [0.15, 0.2) is 24.5 Å². The molecule has 1 rings (SSSR count). The molecule has 1 aromatic heterocycles. The van der Waals surface area contributed by atoms with Crippen LogP contribution in [0.5, 0.6) is 0 Å². The number of hydrogen-bond donors (Lipinski definition) is 2. The van der Waals surface area contributed by atoms with E-state index in [4.69, 9.17) is 0 Å². The number of ether oxygens (including phenoxy) is 1. The Kier molecular flexibility index (Phi) is 3.55. The van der Waals surface area contributed by atoms with Gasteiger partial charge in [0.2, 0.25) is 0 Å². The van der Waals surface area contributed by atoms with Gasteiger partial charge < -0.3 is 14.9 Å². The predicted octanol–water partition coefficient (Wildman–Crippen LogP) is -0.351. The van der Waals surface area contributed by atoms with Gasteiger partial charge in [0.25, 0.3) is 0 Å². The lowest BCUT2D eigenvalue weighted by atomic mass is 10.1. The highest BCUT2D eigenvalue weighted by Gasteiger charge is 2.26. The summed E-state index contributed by atoms with van der Waals surface area (Å²) in [6.07, 6.45) is 0.0679. The quantitative estimate of drug-likeness (QED) is 0.647.